The van der Waals surface area contributed by atoms with Crippen LogP contribution in [-0.2, 0) is 24.7 Å². The second kappa shape index (κ2) is 11.6. The molecule has 0 heterocycles. The smallest absolute Gasteiger partial charge is 1.00 e. The molecule has 3 heteroatoms. The van der Waals surface area contributed by atoms with E-state index < -0.39 is 0 Å². The minimum atomic E-state index is 0. The van der Waals surface area contributed by atoms with Crippen LogP contribution in [0.4, 0.5) is 0 Å². The summed E-state index contributed by atoms with van der Waals surface area (Å²) >= 11 is 1.46. The van der Waals surface area contributed by atoms with Gasteiger partial charge in [-0.1, -0.05) is 0 Å². The van der Waals surface area contributed by atoms with Gasteiger partial charge in [0.2, 0.25) is 0 Å². The number of fused-ring (bicyclic) bond motifs is 2. The van der Waals surface area contributed by atoms with E-state index in [0.717, 1.165) is 0 Å². The Morgan fingerprint density at radius 1 is 0.641 bits per heavy atom. The van der Waals surface area contributed by atoms with E-state index in [4.69, 9.17) is 0 Å². The molecule has 0 spiro atoms. The van der Waals surface area contributed by atoms with E-state index in [-0.39, 0.29) is 30.2 Å². The van der Waals surface area contributed by atoms with Crippen LogP contribution in [-0.4, -0.2) is 0 Å². The zero-order valence-corrected chi connectivity index (χ0v) is 26.7. The summed E-state index contributed by atoms with van der Waals surface area (Å²) in [7, 11) is 0. The van der Waals surface area contributed by atoms with Crippen molar-refractivity contribution in [1.29, 1.82) is 0 Å². The molecule has 0 amide bonds. The second-order valence-electron chi connectivity index (χ2n) is 11.2. The number of hydrogen-bond acceptors (Lipinski definition) is 0. The Kier molecular flexibility index (Phi) is 8.77. The molecule has 193 valence electrons. The quantitative estimate of drug-likeness (QED) is 0.322. The van der Waals surface area contributed by atoms with Crippen LogP contribution in [0.25, 0.3) is 14.4 Å². The molecule has 0 saturated heterocycles. The molecule has 2 aliphatic rings. The normalized spacial score (nSPS) is 15.4. The maximum absolute atomic E-state index is 2.49. The van der Waals surface area contributed by atoms with Crippen molar-refractivity contribution in [3.8, 4) is 0 Å². The summed E-state index contributed by atoms with van der Waals surface area (Å²) in [5, 5.41) is 5.46. The SMILES string of the molecule is CC1C=C(C(C)(C)C)C=C1c1c2c(ccc1=C(c1ccccc1)c1ccccc1)=c1ccccc1=[C]2[Zr+2].[Cl-].[Cl-]. The molecule has 1 unspecified atom stereocenters. The van der Waals surface area contributed by atoms with E-state index in [1.54, 1.807) is 0 Å². The third-order valence-corrected chi connectivity index (χ3v) is 9.00. The number of allylic oxidation sites excluding steroid dienone is 4. The van der Waals surface area contributed by atoms with Crippen molar-refractivity contribution in [2.75, 3.05) is 0 Å². The van der Waals surface area contributed by atoms with Gasteiger partial charge in [0.25, 0.3) is 0 Å². The van der Waals surface area contributed by atoms with Gasteiger partial charge < -0.3 is 24.8 Å². The molecular formula is C36H31Cl2Zr. The van der Waals surface area contributed by atoms with Gasteiger partial charge in [0.1, 0.15) is 0 Å². The van der Waals surface area contributed by atoms with Crippen LogP contribution < -0.4 is 35.3 Å². The van der Waals surface area contributed by atoms with E-state index in [1.807, 2.05) is 0 Å². The predicted molar refractivity (Wildman–Crippen MR) is 151 cm³/mol. The molecule has 0 bridgehead atoms. The summed E-state index contributed by atoms with van der Waals surface area (Å²) in [4.78, 5) is 0. The number of halogens is 2. The van der Waals surface area contributed by atoms with Crippen LogP contribution in [0.1, 0.15) is 49.9 Å². The van der Waals surface area contributed by atoms with Gasteiger partial charge >= 0.3 is 236 Å². The van der Waals surface area contributed by atoms with Gasteiger partial charge in [-0.15, -0.1) is 0 Å². The number of benzene rings is 4. The molecule has 0 radical (unpaired) electrons. The van der Waals surface area contributed by atoms with Crippen molar-refractivity contribution in [3.05, 3.63) is 158 Å². The first-order valence-electron chi connectivity index (χ1n) is 13.1. The van der Waals surface area contributed by atoms with Gasteiger partial charge in [-0.25, -0.2) is 0 Å². The molecule has 1 atom stereocenters. The fourth-order valence-electron chi connectivity index (χ4n) is 5.83. The molecule has 0 nitrogen and oxygen atoms in total. The van der Waals surface area contributed by atoms with Gasteiger partial charge in [0, 0.05) is 0 Å². The molecule has 0 N–H and O–H groups in total. The van der Waals surface area contributed by atoms with E-state index in [2.05, 4.69) is 137 Å². The van der Waals surface area contributed by atoms with E-state index in [1.165, 1.54) is 87.8 Å². The summed E-state index contributed by atoms with van der Waals surface area (Å²) in [6.45, 7) is 9.34. The van der Waals surface area contributed by atoms with Crippen LogP contribution in [0.5, 0.6) is 0 Å². The largest absolute Gasteiger partial charge is 1.00 e. The van der Waals surface area contributed by atoms with Gasteiger partial charge in [-0.2, -0.15) is 0 Å². The zero-order chi connectivity index (χ0) is 25.7. The molecule has 0 fully saturated rings. The molecular weight excluding hydrogens is 595 g/mol. The Morgan fingerprint density at radius 3 is 1.72 bits per heavy atom. The molecule has 39 heavy (non-hydrogen) atoms. The van der Waals surface area contributed by atoms with Crippen molar-refractivity contribution < 1.29 is 49.5 Å². The van der Waals surface area contributed by atoms with E-state index in [9.17, 15) is 0 Å². The first-order chi connectivity index (χ1) is 17.8. The Labute approximate surface area is 259 Å². The van der Waals surface area contributed by atoms with Gasteiger partial charge in [0.15, 0.2) is 0 Å². The topological polar surface area (TPSA) is 0 Å². The minimum absolute atomic E-state index is 0. The summed E-state index contributed by atoms with van der Waals surface area (Å²) in [5.74, 6) is 0.361. The Morgan fingerprint density at radius 2 is 1.18 bits per heavy atom. The van der Waals surface area contributed by atoms with Crippen molar-refractivity contribution in [3.63, 3.8) is 0 Å². The molecule has 6 rings (SSSR count). The van der Waals surface area contributed by atoms with Crippen LogP contribution in [0.15, 0.2) is 115 Å². The maximum Gasteiger partial charge on any atom is -1.00 e. The zero-order valence-electron chi connectivity index (χ0n) is 22.7. The van der Waals surface area contributed by atoms with Crippen molar-refractivity contribution >= 4 is 14.4 Å². The molecule has 4 aromatic rings. The fraction of sp³-hybridized carbons (Fsp3) is 0.167. The van der Waals surface area contributed by atoms with Crippen molar-refractivity contribution in [2.24, 2.45) is 11.3 Å². The average molecular weight is 626 g/mol. The monoisotopic (exact) mass is 623 g/mol. The summed E-state index contributed by atoms with van der Waals surface area (Å²) in [6.07, 6.45) is 4.97. The first-order valence-corrected chi connectivity index (χ1v) is 14.4. The number of hydrogen-bond donors (Lipinski definition) is 0. The molecule has 2 aliphatic carbocycles. The molecule has 0 saturated carbocycles. The summed E-state index contributed by atoms with van der Waals surface area (Å²) in [5.41, 5.74) is 9.64. The van der Waals surface area contributed by atoms with Crippen LogP contribution in [0.3, 0.4) is 0 Å². The Bertz CT molecular complexity index is 1770. The fourth-order valence-corrected chi connectivity index (χ4v) is 7.00. The molecule has 4 aromatic carbocycles. The van der Waals surface area contributed by atoms with Gasteiger partial charge in [-0.3, -0.25) is 0 Å². The van der Waals surface area contributed by atoms with Crippen LogP contribution in [0.2, 0.25) is 0 Å². The first kappa shape index (κ1) is 29.5. The predicted octanol–water partition coefficient (Wildman–Crippen LogP) is 1.25. The van der Waals surface area contributed by atoms with E-state index in [0.29, 0.717) is 5.92 Å². The standard InChI is InChI=1S/C36H31.2ClH.Zr/c1-24-21-28(36(2,3)4)23-32(24)35-31(20-19-30-29-18-12-11-17-27(29)22-33(30)35)34(25-13-7-5-8-14-25)26-15-9-6-10-16-26;;;/h5-21,23-24H,1-4H3;2*1H;/q;;;+2/p-2. The Hall–Kier alpha value is -2.44. The third kappa shape index (κ3) is 5.22. The average Bonchev–Trinajstić information content (AvgIpc) is 3.44. The van der Waals surface area contributed by atoms with Crippen LogP contribution >= 0.6 is 0 Å². The summed E-state index contributed by atoms with van der Waals surface area (Å²) < 4.78 is 1.47. The third-order valence-electron chi connectivity index (χ3n) is 7.72. The number of rotatable bonds is 3. The van der Waals surface area contributed by atoms with Crippen LogP contribution in [0, 0.1) is 21.8 Å². The van der Waals surface area contributed by atoms with E-state index >= 15 is 0 Å². The van der Waals surface area contributed by atoms with Crippen molar-refractivity contribution in [2.45, 2.75) is 27.7 Å². The summed E-state index contributed by atoms with van der Waals surface area (Å²) in [6, 6.07) is 35.5. The Balaban J connectivity index is 0.00000176. The minimum Gasteiger partial charge on any atom is -1.00 e. The molecule has 0 aliphatic heterocycles. The van der Waals surface area contributed by atoms with Gasteiger partial charge in [-0.05, 0) is 0 Å². The van der Waals surface area contributed by atoms with Crippen molar-refractivity contribution in [1.82, 2.24) is 0 Å². The second-order valence-corrected chi connectivity index (χ2v) is 12.4. The maximum atomic E-state index is 2.49. The molecule has 0 aromatic heterocycles. The van der Waals surface area contributed by atoms with Gasteiger partial charge in [0.05, 0.1) is 0 Å².